The summed E-state index contributed by atoms with van der Waals surface area (Å²) in [5.74, 6) is 0.102. The number of allylic oxidation sites excluding steroid dienone is 2. The van der Waals surface area contributed by atoms with Gasteiger partial charge in [-0.05, 0) is 38.3 Å². The van der Waals surface area contributed by atoms with E-state index in [2.05, 4.69) is 0 Å². The number of carbonyl (C=O) groups excluding carboxylic acids is 1. The number of fused-ring (bicyclic) bond motifs is 1. The normalized spacial score (nSPS) is 15.6. The minimum atomic E-state index is -0.737. The lowest BCUT2D eigenvalue weighted by molar-refractivity contribution is 0.0975. The van der Waals surface area contributed by atoms with Crippen LogP contribution in [-0.2, 0) is 10.2 Å². The molecule has 0 N–H and O–H groups in total. The quantitative estimate of drug-likeness (QED) is 0.700. The predicted octanol–water partition coefficient (Wildman–Crippen LogP) is 5.32. The number of benzene rings is 1. The van der Waals surface area contributed by atoms with Gasteiger partial charge in [0, 0.05) is 11.6 Å². The molecule has 148 valence electrons. The zero-order valence-electron chi connectivity index (χ0n) is 16.9. The van der Waals surface area contributed by atoms with Gasteiger partial charge >= 0.3 is 0 Å². The Morgan fingerprint density at radius 2 is 1.79 bits per heavy atom. The lowest BCUT2D eigenvalue weighted by Gasteiger charge is -2.37. The average Bonchev–Trinajstić information content (AvgIpc) is 2.69. The van der Waals surface area contributed by atoms with Gasteiger partial charge in [0.25, 0.3) is 0 Å². The summed E-state index contributed by atoms with van der Waals surface area (Å²) in [5, 5.41) is 0. The van der Waals surface area contributed by atoms with Crippen molar-refractivity contribution in [2.75, 3.05) is 7.11 Å². The van der Waals surface area contributed by atoms with Gasteiger partial charge in [0.2, 0.25) is 0 Å². The molecule has 0 spiro atoms. The van der Waals surface area contributed by atoms with Crippen LogP contribution in [0.15, 0.2) is 44.8 Å². The number of Topliss-reactive ketones (excluding diaryl/α,β-unsaturated/α-hetero) is 1. The molecule has 5 heteroatoms. The lowest BCUT2D eigenvalue weighted by atomic mass is 9.69. The molecule has 28 heavy (non-hydrogen) atoms. The highest BCUT2D eigenvalue weighted by Crippen LogP contribution is 2.47. The van der Waals surface area contributed by atoms with Crippen molar-refractivity contribution in [3.05, 3.63) is 68.5 Å². The maximum absolute atomic E-state index is 14.4. The Hall–Kier alpha value is -2.69. The van der Waals surface area contributed by atoms with Crippen molar-refractivity contribution < 1.29 is 18.3 Å². The molecule has 1 aliphatic rings. The zero-order chi connectivity index (χ0) is 20.6. The van der Waals surface area contributed by atoms with Crippen molar-refractivity contribution in [1.82, 2.24) is 0 Å². The number of ketones is 1. The number of rotatable bonds is 5. The summed E-state index contributed by atoms with van der Waals surface area (Å²) in [6, 6.07) is 5.85. The molecule has 1 aliphatic carbocycles. The predicted molar refractivity (Wildman–Crippen MR) is 106 cm³/mol. The first kappa shape index (κ1) is 20.1. The van der Waals surface area contributed by atoms with Crippen LogP contribution in [0.5, 0.6) is 0 Å². The van der Waals surface area contributed by atoms with Gasteiger partial charge < -0.3 is 9.15 Å². The minimum Gasteiger partial charge on any atom is -0.500 e. The summed E-state index contributed by atoms with van der Waals surface area (Å²) < 4.78 is 26.2. The summed E-state index contributed by atoms with van der Waals surface area (Å²) >= 11 is 0. The van der Waals surface area contributed by atoms with Crippen LogP contribution in [0, 0.1) is 12.7 Å². The fourth-order valence-electron chi connectivity index (χ4n) is 4.18. The third kappa shape index (κ3) is 2.81. The largest absolute Gasteiger partial charge is 0.500 e. The summed E-state index contributed by atoms with van der Waals surface area (Å²) in [7, 11) is 1.53. The van der Waals surface area contributed by atoms with Crippen LogP contribution in [0.1, 0.15) is 61.7 Å². The van der Waals surface area contributed by atoms with Crippen LogP contribution in [0.25, 0.3) is 11.3 Å². The van der Waals surface area contributed by atoms with Gasteiger partial charge in [0.05, 0.1) is 18.1 Å². The first-order chi connectivity index (χ1) is 13.3. The summed E-state index contributed by atoms with van der Waals surface area (Å²) in [6.45, 7) is 7.64. The molecule has 0 aliphatic heterocycles. The maximum Gasteiger partial charge on any atom is 0.199 e. The molecular formula is C23H25FO4. The van der Waals surface area contributed by atoms with E-state index in [1.54, 1.807) is 12.1 Å². The summed E-state index contributed by atoms with van der Waals surface area (Å²) in [5.41, 5.74) is 0.403. The molecule has 0 bridgehead atoms. The third-order valence-electron chi connectivity index (χ3n) is 5.74. The Bertz CT molecular complexity index is 1030. The summed E-state index contributed by atoms with van der Waals surface area (Å²) in [6.07, 6.45) is 1.62. The van der Waals surface area contributed by atoms with E-state index in [4.69, 9.17) is 9.15 Å². The average molecular weight is 384 g/mol. The SMILES string of the molecule is CCC1=C(OC)C(CC)(CC)c2oc(-c3cc(C)ccc3F)cc(=O)c2C1=O. The highest BCUT2D eigenvalue weighted by molar-refractivity contribution is 6.11. The van der Waals surface area contributed by atoms with E-state index < -0.39 is 16.7 Å². The minimum absolute atomic E-state index is 0.0400. The molecule has 2 aromatic rings. The van der Waals surface area contributed by atoms with E-state index in [0.717, 1.165) is 5.56 Å². The second-order valence-corrected chi connectivity index (χ2v) is 7.15. The highest BCUT2D eigenvalue weighted by atomic mass is 19.1. The standard InChI is InChI=1S/C23H25FO4/c1-6-14-20(26)19-17(25)12-18(15-11-13(4)9-10-16(15)24)28-22(19)23(7-2,8-3)21(14)27-5/h9-12H,6-8H2,1-5H3. The number of methoxy groups -OCH3 is 1. The topological polar surface area (TPSA) is 56.5 Å². The molecule has 0 saturated carbocycles. The number of halogens is 1. The van der Waals surface area contributed by atoms with Gasteiger partial charge in [-0.15, -0.1) is 0 Å². The van der Waals surface area contributed by atoms with Crippen molar-refractivity contribution in [2.45, 2.75) is 52.4 Å². The molecule has 1 aromatic carbocycles. The van der Waals surface area contributed by atoms with Gasteiger partial charge in [-0.3, -0.25) is 9.59 Å². The van der Waals surface area contributed by atoms with E-state index >= 15 is 0 Å². The number of carbonyl (C=O) groups is 1. The molecule has 3 rings (SSSR count). The fraction of sp³-hybridized carbons (Fsp3) is 0.391. The van der Waals surface area contributed by atoms with Crippen LogP contribution in [0.4, 0.5) is 4.39 Å². The van der Waals surface area contributed by atoms with Crippen molar-refractivity contribution in [3.63, 3.8) is 0 Å². The number of hydrogen-bond acceptors (Lipinski definition) is 4. The van der Waals surface area contributed by atoms with E-state index in [9.17, 15) is 14.0 Å². The van der Waals surface area contributed by atoms with Crippen LogP contribution in [0.2, 0.25) is 0 Å². The van der Waals surface area contributed by atoms with E-state index in [1.165, 1.54) is 19.2 Å². The van der Waals surface area contributed by atoms with Crippen molar-refractivity contribution in [3.8, 4) is 11.3 Å². The molecule has 4 nitrogen and oxygen atoms in total. The van der Waals surface area contributed by atoms with Gasteiger partial charge in [-0.2, -0.15) is 0 Å². The Balaban J connectivity index is 2.40. The van der Waals surface area contributed by atoms with Gasteiger partial charge in [-0.25, -0.2) is 4.39 Å². The Morgan fingerprint density at radius 3 is 2.36 bits per heavy atom. The number of ether oxygens (including phenoxy) is 1. The molecular weight excluding hydrogens is 359 g/mol. The smallest absolute Gasteiger partial charge is 0.199 e. The molecule has 0 radical (unpaired) electrons. The number of aryl methyl sites for hydroxylation is 1. The van der Waals surface area contributed by atoms with Crippen LogP contribution in [0.3, 0.4) is 0 Å². The van der Waals surface area contributed by atoms with E-state index in [0.29, 0.717) is 30.6 Å². The summed E-state index contributed by atoms with van der Waals surface area (Å²) in [4.78, 5) is 26.0. The van der Waals surface area contributed by atoms with Crippen molar-refractivity contribution >= 4 is 5.78 Å². The van der Waals surface area contributed by atoms with E-state index in [-0.39, 0.29) is 28.4 Å². The first-order valence-corrected chi connectivity index (χ1v) is 9.62. The van der Waals surface area contributed by atoms with Crippen LogP contribution < -0.4 is 5.43 Å². The molecule has 0 unspecified atom stereocenters. The second-order valence-electron chi connectivity index (χ2n) is 7.15. The zero-order valence-corrected chi connectivity index (χ0v) is 16.9. The van der Waals surface area contributed by atoms with Crippen LogP contribution in [-0.4, -0.2) is 12.9 Å². The molecule has 1 aromatic heterocycles. The number of hydrogen-bond donors (Lipinski definition) is 0. The molecule has 0 amide bonds. The van der Waals surface area contributed by atoms with Gasteiger partial charge in [0.15, 0.2) is 11.2 Å². The molecule has 0 atom stereocenters. The first-order valence-electron chi connectivity index (χ1n) is 9.62. The Labute approximate surface area is 164 Å². The third-order valence-corrected chi connectivity index (χ3v) is 5.74. The Kier molecular flexibility index (Phi) is 5.28. The van der Waals surface area contributed by atoms with E-state index in [1.807, 2.05) is 27.7 Å². The Morgan fingerprint density at radius 1 is 1.11 bits per heavy atom. The highest BCUT2D eigenvalue weighted by Gasteiger charge is 2.47. The van der Waals surface area contributed by atoms with Gasteiger partial charge in [0.1, 0.15) is 28.7 Å². The molecule has 0 fully saturated rings. The van der Waals surface area contributed by atoms with Crippen molar-refractivity contribution in [1.29, 1.82) is 0 Å². The van der Waals surface area contributed by atoms with Crippen molar-refractivity contribution in [2.24, 2.45) is 0 Å². The fourth-order valence-corrected chi connectivity index (χ4v) is 4.18. The maximum atomic E-state index is 14.4. The molecule has 0 saturated heterocycles. The lowest BCUT2D eigenvalue weighted by Crippen LogP contribution is -2.39. The van der Waals surface area contributed by atoms with Gasteiger partial charge in [-0.1, -0.05) is 32.4 Å². The second kappa shape index (κ2) is 7.38. The van der Waals surface area contributed by atoms with Crippen LogP contribution >= 0.6 is 0 Å². The monoisotopic (exact) mass is 384 g/mol. The molecule has 1 heterocycles.